The molecule has 3 aromatic rings. The lowest BCUT2D eigenvalue weighted by Gasteiger charge is -2.26. The van der Waals surface area contributed by atoms with Gasteiger partial charge >= 0.3 is 0 Å². The highest BCUT2D eigenvalue weighted by Crippen LogP contribution is 2.44. The van der Waals surface area contributed by atoms with Gasteiger partial charge in [-0.25, -0.2) is 0 Å². The first-order chi connectivity index (χ1) is 19.4. The van der Waals surface area contributed by atoms with Crippen molar-refractivity contribution in [3.8, 4) is 22.6 Å². The molecule has 4 heterocycles. The van der Waals surface area contributed by atoms with Crippen LogP contribution in [0.1, 0.15) is 46.6 Å². The molecule has 3 aliphatic heterocycles. The standard InChI is InChI=1S/C16H24N2O2.C16H18N2O2/c2*1-10-7-14(17)16-13(8-12(20-16)9-19-2)15(10)11-3-5-18-6-4-11/h7,11-12,18H,3-6,8-9,17H2,1-2H3;3-7,12H,8-9,17H2,1-2H3. The predicted octanol–water partition coefficient (Wildman–Crippen LogP) is 4.58. The summed E-state index contributed by atoms with van der Waals surface area (Å²) in [6.07, 6.45) is 7.92. The minimum Gasteiger partial charge on any atom is -0.485 e. The zero-order valence-electron chi connectivity index (χ0n) is 24.1. The number of anilines is 2. The van der Waals surface area contributed by atoms with E-state index in [-0.39, 0.29) is 12.2 Å². The van der Waals surface area contributed by atoms with Crippen LogP contribution in [0.5, 0.6) is 11.5 Å². The third kappa shape index (κ3) is 5.75. The van der Waals surface area contributed by atoms with Crippen molar-refractivity contribution in [3.05, 3.63) is 64.5 Å². The van der Waals surface area contributed by atoms with Gasteiger partial charge in [-0.05, 0) is 97.8 Å². The number of nitrogens with two attached hydrogens (primary N) is 2. The van der Waals surface area contributed by atoms with E-state index in [2.05, 4.69) is 30.2 Å². The molecule has 0 amide bonds. The smallest absolute Gasteiger partial charge is 0.146 e. The van der Waals surface area contributed by atoms with Gasteiger partial charge in [-0.1, -0.05) is 0 Å². The highest BCUT2D eigenvalue weighted by molar-refractivity contribution is 5.79. The lowest BCUT2D eigenvalue weighted by molar-refractivity contribution is 0.0955. The molecular weight excluding hydrogens is 504 g/mol. The summed E-state index contributed by atoms with van der Waals surface area (Å²) >= 11 is 0. The Morgan fingerprint density at radius 3 is 2.00 bits per heavy atom. The van der Waals surface area contributed by atoms with Crippen LogP contribution in [0.15, 0.2) is 36.7 Å². The molecule has 5 N–H and O–H groups in total. The summed E-state index contributed by atoms with van der Waals surface area (Å²) in [4.78, 5) is 4.08. The number of fused-ring (bicyclic) bond motifs is 2. The highest BCUT2D eigenvalue weighted by atomic mass is 16.5. The maximum atomic E-state index is 6.15. The lowest BCUT2D eigenvalue weighted by atomic mass is 9.83. The van der Waals surface area contributed by atoms with Gasteiger partial charge in [0.2, 0.25) is 0 Å². The average molecular weight is 547 g/mol. The van der Waals surface area contributed by atoms with Crippen LogP contribution in [-0.4, -0.2) is 57.7 Å². The second-order valence-corrected chi connectivity index (χ2v) is 11.0. The molecule has 1 aromatic heterocycles. The summed E-state index contributed by atoms with van der Waals surface area (Å²) in [5.41, 5.74) is 22.5. The van der Waals surface area contributed by atoms with Crippen LogP contribution in [0.25, 0.3) is 11.1 Å². The van der Waals surface area contributed by atoms with Gasteiger partial charge in [0.05, 0.1) is 24.6 Å². The van der Waals surface area contributed by atoms with Crippen molar-refractivity contribution in [2.45, 2.75) is 57.7 Å². The SMILES string of the molecule is COCC1Cc2c(c(N)cc(C)c2-c2ccncc2)O1.COCC1Cc2c(c(N)cc(C)c2C2CCNCC2)O1. The lowest BCUT2D eigenvalue weighted by Crippen LogP contribution is -2.27. The number of methoxy groups -OCH3 is 2. The van der Waals surface area contributed by atoms with Crippen LogP contribution >= 0.6 is 0 Å². The molecule has 8 nitrogen and oxygen atoms in total. The van der Waals surface area contributed by atoms with Gasteiger partial charge in [0.1, 0.15) is 23.7 Å². The molecule has 0 spiro atoms. The summed E-state index contributed by atoms with van der Waals surface area (Å²) in [6.45, 7) is 7.66. The summed E-state index contributed by atoms with van der Waals surface area (Å²) < 4.78 is 22.4. The molecule has 0 aliphatic carbocycles. The third-order valence-electron chi connectivity index (χ3n) is 8.12. The summed E-state index contributed by atoms with van der Waals surface area (Å²) in [7, 11) is 3.40. The van der Waals surface area contributed by atoms with E-state index >= 15 is 0 Å². The maximum Gasteiger partial charge on any atom is 0.146 e. The van der Waals surface area contributed by atoms with E-state index in [0.29, 0.717) is 24.8 Å². The van der Waals surface area contributed by atoms with E-state index < -0.39 is 0 Å². The Labute approximate surface area is 237 Å². The number of nitrogens with one attached hydrogen (secondary N) is 1. The van der Waals surface area contributed by atoms with Crippen LogP contribution in [0.3, 0.4) is 0 Å². The van der Waals surface area contributed by atoms with Crippen molar-refractivity contribution < 1.29 is 18.9 Å². The number of hydrogen-bond acceptors (Lipinski definition) is 8. The Morgan fingerprint density at radius 1 is 0.850 bits per heavy atom. The summed E-state index contributed by atoms with van der Waals surface area (Å²) in [6, 6.07) is 8.08. The molecule has 0 bridgehead atoms. The van der Waals surface area contributed by atoms with Crippen LogP contribution in [0, 0.1) is 13.8 Å². The van der Waals surface area contributed by atoms with E-state index in [4.69, 9.17) is 30.4 Å². The Morgan fingerprint density at radius 2 is 1.40 bits per heavy atom. The second kappa shape index (κ2) is 12.5. The Kier molecular flexibility index (Phi) is 8.78. The molecule has 1 saturated heterocycles. The first-order valence-corrected chi connectivity index (χ1v) is 14.2. The number of pyridine rings is 1. The molecule has 6 rings (SSSR count). The number of nitrogens with zero attached hydrogens (tertiary/aromatic N) is 1. The Bertz CT molecular complexity index is 1320. The maximum absolute atomic E-state index is 6.15. The third-order valence-corrected chi connectivity index (χ3v) is 8.12. The van der Waals surface area contributed by atoms with E-state index in [1.807, 2.05) is 18.2 Å². The van der Waals surface area contributed by atoms with Crippen molar-refractivity contribution in [2.75, 3.05) is 52.0 Å². The number of piperidine rings is 1. The van der Waals surface area contributed by atoms with Gasteiger partial charge in [-0.3, -0.25) is 4.98 Å². The van der Waals surface area contributed by atoms with Crippen molar-refractivity contribution in [1.29, 1.82) is 0 Å². The summed E-state index contributed by atoms with van der Waals surface area (Å²) in [5, 5.41) is 3.44. The fourth-order valence-corrected chi connectivity index (χ4v) is 6.51. The predicted molar refractivity (Wildman–Crippen MR) is 159 cm³/mol. The van der Waals surface area contributed by atoms with Gasteiger partial charge in [0.15, 0.2) is 0 Å². The van der Waals surface area contributed by atoms with Gasteiger partial charge in [0.25, 0.3) is 0 Å². The van der Waals surface area contributed by atoms with Gasteiger partial charge in [-0.15, -0.1) is 0 Å². The highest BCUT2D eigenvalue weighted by Gasteiger charge is 2.32. The molecule has 2 unspecified atom stereocenters. The number of hydrogen-bond donors (Lipinski definition) is 3. The first-order valence-electron chi connectivity index (χ1n) is 14.2. The monoisotopic (exact) mass is 546 g/mol. The van der Waals surface area contributed by atoms with Crippen LogP contribution in [0.4, 0.5) is 11.4 Å². The topological polar surface area (TPSA) is 114 Å². The van der Waals surface area contributed by atoms with Crippen molar-refractivity contribution in [3.63, 3.8) is 0 Å². The van der Waals surface area contributed by atoms with Crippen LogP contribution in [-0.2, 0) is 22.3 Å². The fraction of sp³-hybridized carbons (Fsp3) is 0.469. The molecule has 1 fully saturated rings. The van der Waals surface area contributed by atoms with E-state index in [9.17, 15) is 0 Å². The van der Waals surface area contributed by atoms with Gasteiger partial charge in [0, 0.05) is 50.6 Å². The van der Waals surface area contributed by atoms with Crippen LogP contribution in [0.2, 0.25) is 0 Å². The zero-order chi connectivity index (χ0) is 28.2. The van der Waals surface area contributed by atoms with E-state index in [0.717, 1.165) is 54.2 Å². The molecule has 2 atom stereocenters. The fourth-order valence-electron chi connectivity index (χ4n) is 6.51. The Balaban J connectivity index is 0.000000161. The van der Waals surface area contributed by atoms with Crippen molar-refractivity contribution >= 4 is 11.4 Å². The second-order valence-electron chi connectivity index (χ2n) is 11.0. The van der Waals surface area contributed by atoms with Crippen molar-refractivity contribution in [2.24, 2.45) is 0 Å². The normalized spacial score (nSPS) is 19.7. The molecule has 8 heteroatoms. The van der Waals surface area contributed by atoms with Crippen LogP contribution < -0.4 is 26.3 Å². The summed E-state index contributed by atoms with van der Waals surface area (Å²) in [5.74, 6) is 2.35. The first kappa shape index (κ1) is 28.2. The quantitative estimate of drug-likeness (QED) is 0.385. The molecule has 40 heavy (non-hydrogen) atoms. The Hall–Kier alpha value is -3.33. The minimum absolute atomic E-state index is 0.0414. The van der Waals surface area contributed by atoms with Crippen molar-refractivity contribution in [1.82, 2.24) is 10.3 Å². The number of aryl methyl sites for hydroxylation is 2. The number of rotatable bonds is 6. The molecular formula is C32H42N4O4. The molecule has 0 saturated carbocycles. The molecule has 214 valence electrons. The largest absolute Gasteiger partial charge is 0.485 e. The average Bonchev–Trinajstić information content (AvgIpc) is 3.56. The molecule has 0 radical (unpaired) electrons. The zero-order valence-corrected chi connectivity index (χ0v) is 24.1. The van der Waals surface area contributed by atoms with E-state index in [1.165, 1.54) is 40.7 Å². The molecule has 2 aromatic carbocycles. The minimum atomic E-state index is 0.0414. The van der Waals surface area contributed by atoms with Gasteiger partial charge < -0.3 is 35.7 Å². The number of aromatic nitrogens is 1. The number of benzene rings is 2. The number of nitrogen functional groups attached to an aromatic ring is 2. The molecule has 3 aliphatic rings. The van der Waals surface area contributed by atoms with Gasteiger partial charge in [-0.2, -0.15) is 0 Å². The number of ether oxygens (including phenoxy) is 4. The van der Waals surface area contributed by atoms with E-state index in [1.54, 1.807) is 26.6 Å².